The van der Waals surface area contributed by atoms with Gasteiger partial charge in [0.25, 0.3) is 0 Å². The van der Waals surface area contributed by atoms with Crippen molar-refractivity contribution in [2.24, 2.45) is 0 Å². The Balaban J connectivity index is 2.48. The van der Waals surface area contributed by atoms with Gasteiger partial charge in [0.15, 0.2) is 0 Å². The average molecular weight is 295 g/mol. The van der Waals surface area contributed by atoms with Crippen LogP contribution in [0.25, 0.3) is 0 Å². The molecule has 114 valence electrons. The van der Waals surface area contributed by atoms with E-state index >= 15 is 0 Å². The molecule has 0 aliphatic rings. The highest BCUT2D eigenvalue weighted by Crippen LogP contribution is 2.23. The van der Waals surface area contributed by atoms with E-state index in [9.17, 15) is 4.21 Å². The summed E-state index contributed by atoms with van der Waals surface area (Å²) in [6.45, 7) is 13.9. The number of hydrogen-bond acceptors (Lipinski definition) is 2. The molecule has 1 aromatic carbocycles. The minimum absolute atomic E-state index is 0.135. The normalized spacial score (nSPS) is 14.3. The van der Waals surface area contributed by atoms with Crippen LogP contribution in [-0.4, -0.2) is 22.0 Å². The molecular weight excluding hydrogens is 266 g/mol. The van der Waals surface area contributed by atoms with E-state index in [4.69, 9.17) is 0 Å². The largest absolute Gasteiger partial charge is 0.312 e. The van der Waals surface area contributed by atoms with Crippen molar-refractivity contribution >= 4 is 10.8 Å². The summed E-state index contributed by atoms with van der Waals surface area (Å²) in [5, 5.41) is 3.42. The second-order valence-corrected chi connectivity index (χ2v) is 8.93. The fourth-order valence-corrected chi connectivity index (χ4v) is 2.97. The number of benzene rings is 1. The van der Waals surface area contributed by atoms with E-state index in [0.29, 0.717) is 0 Å². The van der Waals surface area contributed by atoms with Crippen molar-refractivity contribution in [1.29, 1.82) is 0 Å². The number of nitrogens with one attached hydrogen (secondary N) is 1. The summed E-state index contributed by atoms with van der Waals surface area (Å²) in [4.78, 5) is 0.939. The Bertz CT molecular complexity index is 438. The van der Waals surface area contributed by atoms with E-state index in [1.807, 2.05) is 12.1 Å². The van der Waals surface area contributed by atoms with Gasteiger partial charge in [-0.1, -0.05) is 32.9 Å². The molecule has 0 aliphatic carbocycles. The van der Waals surface area contributed by atoms with Gasteiger partial charge in [0, 0.05) is 16.2 Å². The smallest absolute Gasteiger partial charge is 0.0529 e. The van der Waals surface area contributed by atoms with Gasteiger partial charge in [0.05, 0.1) is 10.8 Å². The first kappa shape index (κ1) is 17.4. The minimum atomic E-state index is -0.887. The van der Waals surface area contributed by atoms with Crippen LogP contribution in [0, 0.1) is 0 Å². The fourth-order valence-electron chi connectivity index (χ4n) is 1.89. The summed E-state index contributed by atoms with van der Waals surface area (Å²) >= 11 is 0. The third-order valence-corrected chi connectivity index (χ3v) is 4.60. The molecular formula is C17H29NOS. The van der Waals surface area contributed by atoms with Gasteiger partial charge in [-0.15, -0.1) is 0 Å². The molecule has 3 heteroatoms. The Hall–Kier alpha value is -0.670. The molecule has 0 aromatic heterocycles. The molecule has 0 spiro atoms. The van der Waals surface area contributed by atoms with E-state index in [1.165, 1.54) is 5.56 Å². The second-order valence-electron chi connectivity index (χ2n) is 7.35. The van der Waals surface area contributed by atoms with Gasteiger partial charge in [0.2, 0.25) is 0 Å². The topological polar surface area (TPSA) is 29.1 Å². The lowest BCUT2D eigenvalue weighted by Crippen LogP contribution is -2.36. The van der Waals surface area contributed by atoms with E-state index in [1.54, 1.807) is 0 Å². The first-order chi connectivity index (χ1) is 9.09. The van der Waals surface area contributed by atoms with Gasteiger partial charge in [0.1, 0.15) is 0 Å². The number of rotatable bonds is 5. The van der Waals surface area contributed by atoms with Gasteiger partial charge in [-0.3, -0.25) is 4.21 Å². The lowest BCUT2D eigenvalue weighted by atomic mass is 9.87. The van der Waals surface area contributed by atoms with Gasteiger partial charge in [-0.25, -0.2) is 0 Å². The standard InChI is InChI=1S/C17H29NOS/c1-16(2,3)14-8-10-15(11-9-14)20(19)13-7-12-18-17(4,5)6/h8-11,18H,7,12-13H2,1-6H3. The Morgan fingerprint density at radius 2 is 1.55 bits per heavy atom. The lowest BCUT2D eigenvalue weighted by molar-refractivity contribution is 0.427. The Morgan fingerprint density at radius 3 is 2.00 bits per heavy atom. The third kappa shape index (κ3) is 6.19. The highest BCUT2D eigenvalue weighted by Gasteiger charge is 2.14. The third-order valence-electron chi connectivity index (χ3n) is 3.15. The summed E-state index contributed by atoms with van der Waals surface area (Å²) in [5.41, 5.74) is 1.57. The van der Waals surface area contributed by atoms with Crippen molar-refractivity contribution in [1.82, 2.24) is 5.32 Å². The average Bonchev–Trinajstić information content (AvgIpc) is 2.32. The van der Waals surface area contributed by atoms with Crippen molar-refractivity contribution in [2.45, 2.75) is 63.8 Å². The van der Waals surface area contributed by atoms with Gasteiger partial charge in [-0.05, 0) is 56.8 Å². The zero-order chi connectivity index (χ0) is 15.4. The quantitative estimate of drug-likeness (QED) is 0.836. The fraction of sp³-hybridized carbons (Fsp3) is 0.647. The van der Waals surface area contributed by atoms with E-state index in [2.05, 4.69) is 59.0 Å². The lowest BCUT2D eigenvalue weighted by Gasteiger charge is -2.20. The first-order valence-electron chi connectivity index (χ1n) is 7.33. The summed E-state index contributed by atoms with van der Waals surface area (Å²) in [6.07, 6.45) is 0.935. The molecule has 0 heterocycles. The van der Waals surface area contributed by atoms with Gasteiger partial charge in [-0.2, -0.15) is 0 Å². The molecule has 1 rings (SSSR count). The Labute approximate surface area is 126 Å². The van der Waals surface area contributed by atoms with E-state index in [-0.39, 0.29) is 11.0 Å². The van der Waals surface area contributed by atoms with E-state index in [0.717, 1.165) is 23.6 Å². The molecule has 1 N–H and O–H groups in total. The van der Waals surface area contributed by atoms with Crippen molar-refractivity contribution in [3.63, 3.8) is 0 Å². The maximum Gasteiger partial charge on any atom is 0.0529 e. The van der Waals surface area contributed by atoms with Crippen LogP contribution >= 0.6 is 0 Å². The van der Waals surface area contributed by atoms with Gasteiger partial charge >= 0.3 is 0 Å². The molecule has 0 radical (unpaired) electrons. The number of hydrogen-bond donors (Lipinski definition) is 1. The first-order valence-corrected chi connectivity index (χ1v) is 8.65. The van der Waals surface area contributed by atoms with Crippen LogP contribution in [-0.2, 0) is 16.2 Å². The van der Waals surface area contributed by atoms with Crippen molar-refractivity contribution in [3.8, 4) is 0 Å². The van der Waals surface area contributed by atoms with Crippen LogP contribution in [0.3, 0.4) is 0 Å². The summed E-state index contributed by atoms with van der Waals surface area (Å²) < 4.78 is 12.2. The predicted molar refractivity (Wildman–Crippen MR) is 88.8 cm³/mol. The molecule has 20 heavy (non-hydrogen) atoms. The van der Waals surface area contributed by atoms with Crippen LogP contribution in [0.1, 0.15) is 53.5 Å². The maximum absolute atomic E-state index is 12.2. The highest BCUT2D eigenvalue weighted by atomic mass is 32.2. The second kappa shape index (κ2) is 6.86. The molecule has 0 fully saturated rings. The van der Waals surface area contributed by atoms with Crippen LogP contribution in [0.4, 0.5) is 0 Å². The molecule has 0 saturated heterocycles. The van der Waals surface area contributed by atoms with Crippen molar-refractivity contribution in [3.05, 3.63) is 29.8 Å². The summed E-state index contributed by atoms with van der Waals surface area (Å²) in [6, 6.07) is 8.21. The van der Waals surface area contributed by atoms with Crippen LogP contribution in [0.5, 0.6) is 0 Å². The van der Waals surface area contributed by atoms with E-state index < -0.39 is 10.8 Å². The van der Waals surface area contributed by atoms with Crippen molar-refractivity contribution < 1.29 is 4.21 Å². The SMILES string of the molecule is CC(C)(C)NCCCS(=O)c1ccc(C(C)(C)C)cc1. The summed E-state index contributed by atoms with van der Waals surface area (Å²) in [5.74, 6) is 0.720. The predicted octanol–water partition coefficient (Wildman–Crippen LogP) is 3.87. The maximum atomic E-state index is 12.2. The Kier molecular flexibility index (Phi) is 5.96. The van der Waals surface area contributed by atoms with Crippen LogP contribution < -0.4 is 5.32 Å². The monoisotopic (exact) mass is 295 g/mol. The van der Waals surface area contributed by atoms with Crippen LogP contribution in [0.2, 0.25) is 0 Å². The molecule has 2 nitrogen and oxygen atoms in total. The molecule has 1 unspecified atom stereocenters. The molecule has 0 aliphatic heterocycles. The Morgan fingerprint density at radius 1 is 1.00 bits per heavy atom. The molecule has 1 atom stereocenters. The van der Waals surface area contributed by atoms with Crippen LogP contribution in [0.15, 0.2) is 29.2 Å². The van der Waals surface area contributed by atoms with Crippen molar-refractivity contribution in [2.75, 3.05) is 12.3 Å². The zero-order valence-electron chi connectivity index (χ0n) is 13.7. The molecule has 0 saturated carbocycles. The molecule has 0 amide bonds. The minimum Gasteiger partial charge on any atom is -0.312 e. The summed E-state index contributed by atoms with van der Waals surface area (Å²) in [7, 11) is -0.887. The van der Waals surface area contributed by atoms with Gasteiger partial charge < -0.3 is 5.32 Å². The molecule has 0 bridgehead atoms. The molecule has 1 aromatic rings. The highest BCUT2D eigenvalue weighted by molar-refractivity contribution is 7.85. The zero-order valence-corrected chi connectivity index (χ0v) is 14.6.